The second-order valence-corrected chi connectivity index (χ2v) is 16.2. The van der Waals surface area contributed by atoms with Crippen molar-refractivity contribution in [1.29, 1.82) is 0 Å². The van der Waals surface area contributed by atoms with E-state index in [-0.39, 0.29) is 47.8 Å². The molecule has 0 bridgehead atoms. The number of piperidine rings is 2. The SMILES string of the molecule is COC(=O)N[C@@H](C(=O)N1[C@@H]2C[C@@H]2C[C@H]1c1ncc(-c2ccc(-c3ccc(-c4cnc([C@@H]5C[C@H]6C[C@H]6N5C(=O)[C@H](NC(=O)O)C(C)C)[nH]4)cc3)cc2)[nH]1)C(C)C. The van der Waals surface area contributed by atoms with Crippen LogP contribution in [0.2, 0.25) is 0 Å². The minimum atomic E-state index is -1.20. The normalized spacial score (nSPS) is 24.6. The highest BCUT2D eigenvalue weighted by molar-refractivity contribution is 5.88. The van der Waals surface area contributed by atoms with Crippen LogP contribution in [-0.2, 0) is 14.3 Å². The van der Waals surface area contributed by atoms with Gasteiger partial charge in [0.25, 0.3) is 0 Å². The number of hydrogen-bond acceptors (Lipinski definition) is 7. The molecule has 2 aromatic heterocycles. The number of carbonyl (C=O) groups excluding carboxylic acids is 3. The Labute approximate surface area is 319 Å². The van der Waals surface area contributed by atoms with Crippen molar-refractivity contribution in [2.75, 3.05) is 7.11 Å². The van der Waals surface area contributed by atoms with Crippen molar-refractivity contribution in [3.05, 3.63) is 72.6 Å². The van der Waals surface area contributed by atoms with Crippen molar-refractivity contribution >= 4 is 24.0 Å². The summed E-state index contributed by atoms with van der Waals surface area (Å²) in [6.45, 7) is 7.53. The molecule has 8 rings (SSSR count). The number of methoxy groups -OCH3 is 1. The van der Waals surface area contributed by atoms with Crippen LogP contribution in [0.1, 0.15) is 77.1 Å². The molecule has 4 heterocycles. The summed E-state index contributed by atoms with van der Waals surface area (Å²) in [7, 11) is 1.30. The second-order valence-electron chi connectivity index (χ2n) is 16.2. The third-order valence-corrected chi connectivity index (χ3v) is 11.9. The van der Waals surface area contributed by atoms with Crippen LogP contribution in [-0.4, -0.2) is 90.1 Å². The number of alkyl carbamates (subject to hydrolysis) is 1. The molecule has 2 saturated carbocycles. The zero-order valence-corrected chi connectivity index (χ0v) is 31.7. The van der Waals surface area contributed by atoms with Gasteiger partial charge in [-0.1, -0.05) is 76.2 Å². The first-order valence-corrected chi connectivity index (χ1v) is 19.2. The average molecular weight is 749 g/mol. The summed E-state index contributed by atoms with van der Waals surface area (Å²) < 4.78 is 4.79. The zero-order chi connectivity index (χ0) is 38.7. The first-order chi connectivity index (χ1) is 26.4. The number of likely N-dealkylation sites (tertiary alicyclic amines) is 2. The van der Waals surface area contributed by atoms with Crippen molar-refractivity contribution < 1.29 is 29.0 Å². The largest absolute Gasteiger partial charge is 0.465 e. The minimum Gasteiger partial charge on any atom is -0.465 e. The van der Waals surface area contributed by atoms with Crippen LogP contribution < -0.4 is 10.6 Å². The van der Waals surface area contributed by atoms with Crippen LogP contribution in [0.15, 0.2) is 60.9 Å². The van der Waals surface area contributed by atoms with E-state index in [4.69, 9.17) is 9.72 Å². The number of hydrogen-bond donors (Lipinski definition) is 5. The Morgan fingerprint density at radius 2 is 1.07 bits per heavy atom. The zero-order valence-electron chi connectivity index (χ0n) is 31.7. The van der Waals surface area contributed by atoms with Crippen LogP contribution in [0, 0.1) is 23.7 Å². The Balaban J connectivity index is 0.933. The van der Waals surface area contributed by atoms with E-state index < -0.39 is 24.3 Å². The summed E-state index contributed by atoms with van der Waals surface area (Å²) in [5, 5.41) is 14.5. The lowest BCUT2D eigenvalue weighted by Crippen LogP contribution is -2.52. The summed E-state index contributed by atoms with van der Waals surface area (Å²) >= 11 is 0. The van der Waals surface area contributed by atoms with Crippen molar-refractivity contribution in [3.63, 3.8) is 0 Å². The highest BCUT2D eigenvalue weighted by Gasteiger charge is 2.57. The molecule has 4 fully saturated rings. The molecule has 55 heavy (non-hydrogen) atoms. The Bertz CT molecular complexity index is 2090. The Morgan fingerprint density at radius 3 is 1.45 bits per heavy atom. The fourth-order valence-electron chi connectivity index (χ4n) is 8.69. The number of carboxylic acid groups (broad SMARTS) is 1. The molecule has 0 unspecified atom stereocenters. The van der Waals surface area contributed by atoms with E-state index >= 15 is 0 Å². The van der Waals surface area contributed by atoms with Crippen LogP contribution in [0.5, 0.6) is 0 Å². The van der Waals surface area contributed by atoms with E-state index in [0.717, 1.165) is 71.0 Å². The van der Waals surface area contributed by atoms with Crippen molar-refractivity contribution in [2.24, 2.45) is 23.7 Å². The van der Waals surface area contributed by atoms with Gasteiger partial charge in [-0.3, -0.25) is 9.59 Å². The van der Waals surface area contributed by atoms with E-state index in [1.54, 1.807) is 6.20 Å². The number of aromatic nitrogens is 4. The van der Waals surface area contributed by atoms with E-state index in [0.29, 0.717) is 11.8 Å². The first-order valence-electron chi connectivity index (χ1n) is 19.2. The quantitative estimate of drug-likeness (QED) is 0.121. The molecular formula is C41H48N8O6. The summed E-state index contributed by atoms with van der Waals surface area (Å²) in [5.74, 6) is 1.75. The topological polar surface area (TPSA) is 186 Å². The molecule has 14 nitrogen and oxygen atoms in total. The molecule has 0 radical (unpaired) electrons. The first kappa shape index (κ1) is 36.3. The van der Waals surface area contributed by atoms with Gasteiger partial charge in [0, 0.05) is 12.1 Å². The molecule has 4 aromatic rings. The molecule has 8 atom stereocenters. The molecule has 2 aromatic carbocycles. The Kier molecular flexibility index (Phi) is 9.38. The van der Waals surface area contributed by atoms with Gasteiger partial charge in [-0.05, 0) is 71.6 Å². The van der Waals surface area contributed by atoms with E-state index in [2.05, 4.69) is 62.0 Å². The number of H-pyrrole nitrogens is 2. The summed E-state index contributed by atoms with van der Waals surface area (Å²) in [6.07, 6.45) is 5.36. The number of nitrogens with one attached hydrogen (secondary N) is 4. The maximum absolute atomic E-state index is 13.8. The molecule has 4 amide bonds. The number of amides is 4. The summed E-state index contributed by atoms with van der Waals surface area (Å²) in [5.41, 5.74) is 5.77. The third kappa shape index (κ3) is 6.94. The van der Waals surface area contributed by atoms with Crippen LogP contribution in [0.3, 0.4) is 0 Å². The maximum atomic E-state index is 13.8. The molecule has 14 heteroatoms. The van der Waals surface area contributed by atoms with Crippen LogP contribution >= 0.6 is 0 Å². The number of imidazole rings is 2. The summed E-state index contributed by atoms with van der Waals surface area (Å²) in [6, 6.07) is 14.9. The number of rotatable bonds is 11. The van der Waals surface area contributed by atoms with Gasteiger partial charge in [-0.25, -0.2) is 19.6 Å². The molecule has 2 aliphatic heterocycles. The van der Waals surface area contributed by atoms with Crippen LogP contribution in [0.25, 0.3) is 33.6 Å². The average Bonchev–Trinajstić information content (AvgIpc) is 3.76. The number of ether oxygens (including phenoxy) is 1. The fraction of sp³-hybridized carbons (Fsp3) is 0.463. The Hall–Kier alpha value is -5.66. The van der Waals surface area contributed by atoms with Gasteiger partial charge in [0.1, 0.15) is 23.7 Å². The smallest absolute Gasteiger partial charge is 0.407 e. The van der Waals surface area contributed by atoms with Gasteiger partial charge in [0.15, 0.2) is 0 Å². The highest BCUT2D eigenvalue weighted by Crippen LogP contribution is 2.54. The number of carbonyl (C=O) groups is 4. The second kappa shape index (κ2) is 14.2. The summed E-state index contributed by atoms with van der Waals surface area (Å²) in [4.78, 5) is 70.9. The maximum Gasteiger partial charge on any atom is 0.407 e. The number of nitrogens with zero attached hydrogens (tertiary/aromatic N) is 4. The molecular weight excluding hydrogens is 701 g/mol. The monoisotopic (exact) mass is 748 g/mol. The van der Waals surface area contributed by atoms with Gasteiger partial charge in [0.2, 0.25) is 11.8 Å². The number of aromatic amines is 2. The molecule has 4 aliphatic rings. The van der Waals surface area contributed by atoms with E-state index in [9.17, 15) is 24.3 Å². The lowest BCUT2D eigenvalue weighted by Gasteiger charge is -2.31. The third-order valence-electron chi connectivity index (χ3n) is 11.9. The number of benzene rings is 2. The molecule has 288 valence electrons. The Morgan fingerprint density at radius 1 is 0.673 bits per heavy atom. The molecule has 0 spiro atoms. The molecule has 5 N–H and O–H groups in total. The van der Waals surface area contributed by atoms with E-state index in [1.165, 1.54) is 7.11 Å². The standard InChI is InChI=1S/C41H48N8O6/c1-20(2)34(46-40(52)53)38(50)48-30-14-26(30)16-32(48)36-42-18-28(44-36)24-10-6-22(7-11-24)23-8-12-25(13-9-23)29-19-43-37(45-29)33-17-27-15-31(27)49(33)39(51)35(21(3)4)47-41(54)55-5/h6-13,18-21,26-27,30-35,46H,14-17H2,1-5H3,(H,42,44)(H,43,45)(H,47,54)(H,52,53)/t26-,27-,30-,31-,32+,33+,34-,35-/m1/s1. The highest BCUT2D eigenvalue weighted by atomic mass is 16.5. The van der Waals surface area contributed by atoms with Crippen molar-refractivity contribution in [2.45, 2.75) is 89.6 Å². The van der Waals surface area contributed by atoms with Crippen molar-refractivity contribution in [1.82, 2.24) is 40.4 Å². The van der Waals surface area contributed by atoms with Crippen molar-refractivity contribution in [3.8, 4) is 33.6 Å². The minimum absolute atomic E-state index is 0.0999. The van der Waals surface area contributed by atoms with Crippen LogP contribution in [0.4, 0.5) is 9.59 Å². The van der Waals surface area contributed by atoms with E-state index in [1.807, 2.05) is 55.8 Å². The van der Waals surface area contributed by atoms with Gasteiger partial charge < -0.3 is 40.2 Å². The van der Waals surface area contributed by atoms with Gasteiger partial charge in [-0.2, -0.15) is 0 Å². The van der Waals surface area contributed by atoms with Gasteiger partial charge in [0.05, 0.1) is 43.0 Å². The lowest BCUT2D eigenvalue weighted by atomic mass is 10.0. The van der Waals surface area contributed by atoms with Gasteiger partial charge in [-0.15, -0.1) is 0 Å². The predicted octanol–water partition coefficient (Wildman–Crippen LogP) is 6.13. The van der Waals surface area contributed by atoms with Gasteiger partial charge >= 0.3 is 12.2 Å². The number of fused-ring (bicyclic) bond motifs is 2. The molecule has 2 saturated heterocycles. The fourth-order valence-corrected chi connectivity index (χ4v) is 8.69. The molecule has 2 aliphatic carbocycles. The lowest BCUT2D eigenvalue weighted by molar-refractivity contribution is -0.137. The predicted molar refractivity (Wildman–Crippen MR) is 203 cm³/mol.